The van der Waals surface area contributed by atoms with Gasteiger partial charge >= 0.3 is 12.0 Å². The quantitative estimate of drug-likeness (QED) is 0.121. The van der Waals surface area contributed by atoms with E-state index in [0.29, 0.717) is 18.9 Å². The summed E-state index contributed by atoms with van der Waals surface area (Å²) in [5, 5.41) is 10.7. The smallest absolute Gasteiger partial charge is 0.329 e. The summed E-state index contributed by atoms with van der Waals surface area (Å²) in [4.78, 5) is 81.3. The largest absolute Gasteiger partial charge is 0.461 e. The molecule has 1 heterocycles. The number of hydrogen-bond acceptors (Lipinski definition) is 7. The van der Waals surface area contributed by atoms with Gasteiger partial charge in [0.15, 0.2) is 0 Å². The van der Waals surface area contributed by atoms with Crippen molar-refractivity contribution < 1.29 is 33.5 Å². The number of carbonyl (C=O) groups excluding carboxylic acids is 6. The van der Waals surface area contributed by atoms with Gasteiger partial charge in [-0.15, -0.1) is 6.58 Å². The number of nitrogens with zero attached hydrogens (tertiary/aromatic N) is 1. The van der Waals surface area contributed by atoms with Gasteiger partial charge in [0.05, 0.1) is 6.04 Å². The normalized spacial score (nSPS) is 24.0. The molecule has 3 aliphatic rings. The van der Waals surface area contributed by atoms with E-state index in [1.165, 1.54) is 11.0 Å². The highest BCUT2D eigenvalue weighted by Crippen LogP contribution is 2.65. The number of esters is 1. The fourth-order valence-corrected chi connectivity index (χ4v) is 6.58. The Hall–Kier alpha value is -3.44. The topological polar surface area (TPSA) is 163 Å². The van der Waals surface area contributed by atoms with E-state index in [9.17, 15) is 28.8 Å². The van der Waals surface area contributed by atoms with E-state index in [-0.39, 0.29) is 42.2 Å². The van der Waals surface area contributed by atoms with E-state index >= 15 is 0 Å². The first-order valence-electron chi connectivity index (χ1n) is 16.7. The number of amides is 5. The van der Waals surface area contributed by atoms with Crippen molar-refractivity contribution in [3.63, 3.8) is 0 Å². The number of carbonyl (C=O) groups is 6. The molecule has 3 fully saturated rings. The molecule has 12 nitrogen and oxygen atoms in total. The molecule has 2 aliphatic carbocycles. The maximum Gasteiger partial charge on any atom is 0.329 e. The Bertz CT molecular complexity index is 1200. The van der Waals surface area contributed by atoms with E-state index < -0.39 is 65.1 Å². The average Bonchev–Trinajstić information content (AvgIpc) is 3.85. The minimum atomic E-state index is -1.04. The molecular weight excluding hydrogens is 590 g/mol. The van der Waals surface area contributed by atoms with E-state index in [4.69, 9.17) is 4.74 Å². The van der Waals surface area contributed by atoms with Gasteiger partial charge in [-0.25, -0.2) is 9.59 Å². The summed E-state index contributed by atoms with van der Waals surface area (Å²) in [5.41, 5.74) is -0.953. The highest BCUT2D eigenvalue weighted by Gasteiger charge is 2.70. The van der Waals surface area contributed by atoms with Gasteiger partial charge in [0.1, 0.15) is 24.2 Å². The molecule has 2 saturated carbocycles. The van der Waals surface area contributed by atoms with Crippen LogP contribution in [0.1, 0.15) is 88.0 Å². The van der Waals surface area contributed by atoms with Gasteiger partial charge in [-0.2, -0.15) is 0 Å². The van der Waals surface area contributed by atoms with Gasteiger partial charge < -0.3 is 30.9 Å². The average molecular weight is 646 g/mol. The van der Waals surface area contributed by atoms with Gasteiger partial charge in [-0.3, -0.25) is 19.2 Å². The third-order valence-corrected chi connectivity index (χ3v) is 9.78. The van der Waals surface area contributed by atoms with Crippen molar-refractivity contribution in [2.24, 2.45) is 34.5 Å². The van der Waals surface area contributed by atoms with Crippen molar-refractivity contribution in [3.8, 4) is 0 Å². The second kappa shape index (κ2) is 14.5. The van der Waals surface area contributed by atoms with Crippen LogP contribution in [0.5, 0.6) is 0 Å². The molecule has 0 aromatic carbocycles. The zero-order valence-corrected chi connectivity index (χ0v) is 29.0. The van der Waals surface area contributed by atoms with E-state index in [1.54, 1.807) is 0 Å². The number of urea groups is 1. The van der Waals surface area contributed by atoms with Crippen LogP contribution >= 0.6 is 0 Å². The summed E-state index contributed by atoms with van der Waals surface area (Å²) in [6, 6.07) is -4.55. The lowest BCUT2D eigenvalue weighted by Crippen LogP contribution is -2.62. The number of nitrogens with one attached hydrogen (secondary N) is 4. The molecule has 7 atom stereocenters. The van der Waals surface area contributed by atoms with Crippen molar-refractivity contribution in [1.82, 2.24) is 26.2 Å². The zero-order chi connectivity index (χ0) is 34.7. The van der Waals surface area contributed by atoms with Crippen LogP contribution in [0, 0.1) is 34.5 Å². The predicted molar refractivity (Wildman–Crippen MR) is 173 cm³/mol. The number of Topliss-reactive ketones (excluding diaryl/α,β-unsaturated/α-hetero) is 1. The summed E-state index contributed by atoms with van der Waals surface area (Å²) in [7, 11) is 0. The summed E-state index contributed by atoms with van der Waals surface area (Å²) < 4.78 is 5.62. The molecule has 0 aromatic rings. The lowest BCUT2D eigenvalue weighted by molar-refractivity contribution is -0.152. The molecule has 46 heavy (non-hydrogen) atoms. The van der Waals surface area contributed by atoms with E-state index in [1.807, 2.05) is 62.3 Å². The first-order valence-corrected chi connectivity index (χ1v) is 16.7. The fraction of sp³-hybridized carbons (Fsp3) is 0.765. The standard InChI is InChI=1S/C34H55N5O7/c1-11-13-22(26(40)29(42)35-16-12-2)36-28(41)25-23-21(34(23,9)10)17-39(25)30(43)27(33(6,7)8)38-32(45)37-24(18(3)4)31(44)46-19(5)20-14-15-20/h12,18-25,27H,2,11,13-17H2,1,3-10H3,(H,35,42)(H,36,41)(H2,37,38,45)/t19?,21-,22?,23-,24-,25-,27+/m0/s1. The van der Waals surface area contributed by atoms with Crippen LogP contribution in [0.2, 0.25) is 0 Å². The second-order valence-electron chi connectivity index (χ2n) is 15.2. The van der Waals surface area contributed by atoms with E-state index in [2.05, 4.69) is 27.8 Å². The third kappa shape index (κ3) is 8.47. The first kappa shape index (κ1) is 37.0. The van der Waals surface area contributed by atoms with Gasteiger partial charge in [0.25, 0.3) is 5.91 Å². The van der Waals surface area contributed by atoms with Gasteiger partial charge in [0, 0.05) is 13.1 Å². The maximum atomic E-state index is 14.2. The Morgan fingerprint density at radius 3 is 2.17 bits per heavy atom. The Morgan fingerprint density at radius 1 is 1.02 bits per heavy atom. The Balaban J connectivity index is 1.78. The van der Waals surface area contributed by atoms with E-state index in [0.717, 1.165) is 12.8 Å². The molecule has 5 amide bonds. The van der Waals surface area contributed by atoms with Crippen LogP contribution < -0.4 is 21.3 Å². The van der Waals surface area contributed by atoms with Gasteiger partial charge in [0.2, 0.25) is 17.6 Å². The first-order chi connectivity index (χ1) is 21.4. The lowest BCUT2D eigenvalue weighted by Gasteiger charge is -2.38. The van der Waals surface area contributed by atoms with Crippen molar-refractivity contribution in [2.75, 3.05) is 13.1 Å². The highest BCUT2D eigenvalue weighted by atomic mass is 16.5. The van der Waals surface area contributed by atoms with Gasteiger partial charge in [-0.05, 0) is 60.7 Å². The number of ether oxygens (including phenoxy) is 1. The van der Waals surface area contributed by atoms with Crippen LogP contribution in [0.15, 0.2) is 12.7 Å². The van der Waals surface area contributed by atoms with Crippen LogP contribution in [-0.4, -0.2) is 83.8 Å². The Morgan fingerprint density at radius 2 is 1.65 bits per heavy atom. The third-order valence-electron chi connectivity index (χ3n) is 9.78. The molecule has 0 spiro atoms. The summed E-state index contributed by atoms with van der Waals surface area (Å²) in [5.74, 6) is -3.01. The summed E-state index contributed by atoms with van der Waals surface area (Å²) in [6.07, 6.45) is 4.06. The molecule has 0 radical (unpaired) electrons. The van der Waals surface area contributed by atoms with Gasteiger partial charge in [-0.1, -0.05) is 67.9 Å². The molecule has 3 rings (SSSR count). The Labute approximate surface area is 273 Å². The molecule has 258 valence electrons. The highest BCUT2D eigenvalue weighted by molar-refractivity contribution is 6.38. The number of rotatable bonds is 15. The molecular formula is C34H55N5O7. The van der Waals surface area contributed by atoms with Crippen molar-refractivity contribution >= 4 is 35.5 Å². The monoisotopic (exact) mass is 645 g/mol. The van der Waals surface area contributed by atoms with Crippen molar-refractivity contribution in [1.29, 1.82) is 0 Å². The fourth-order valence-electron chi connectivity index (χ4n) is 6.58. The molecule has 2 unspecified atom stereocenters. The minimum absolute atomic E-state index is 0.0615. The molecule has 1 aliphatic heterocycles. The number of ketones is 1. The Kier molecular flexibility index (Phi) is 11.7. The van der Waals surface area contributed by atoms with Crippen LogP contribution in [0.3, 0.4) is 0 Å². The zero-order valence-electron chi connectivity index (χ0n) is 29.0. The molecule has 4 N–H and O–H groups in total. The minimum Gasteiger partial charge on any atom is -0.461 e. The predicted octanol–water partition coefficient (Wildman–Crippen LogP) is 2.71. The maximum absolute atomic E-state index is 14.2. The summed E-state index contributed by atoms with van der Waals surface area (Å²) in [6.45, 7) is 20.8. The lowest BCUT2D eigenvalue weighted by atomic mass is 9.85. The summed E-state index contributed by atoms with van der Waals surface area (Å²) >= 11 is 0. The number of piperidine rings is 1. The number of hydrogen-bond donors (Lipinski definition) is 4. The number of fused-ring (bicyclic) bond motifs is 1. The molecule has 1 saturated heterocycles. The molecule has 12 heteroatoms. The van der Waals surface area contributed by atoms with Crippen LogP contribution in [0.25, 0.3) is 0 Å². The number of likely N-dealkylation sites (tertiary alicyclic amines) is 1. The second-order valence-corrected chi connectivity index (χ2v) is 15.2. The van der Waals surface area contributed by atoms with Crippen molar-refractivity contribution in [3.05, 3.63) is 12.7 Å². The SMILES string of the molecule is C=CCNC(=O)C(=O)C(CCC)NC(=O)[C@@H]1[C@@H]2[C@H](CN1C(=O)[C@@H](NC(=O)N[C@H](C(=O)OC(C)C1CC1)C(C)C)C(C)(C)C)C2(C)C. The molecule has 0 aromatic heterocycles. The molecule has 0 bridgehead atoms. The van der Waals surface area contributed by atoms with Crippen LogP contribution in [-0.2, 0) is 28.7 Å². The van der Waals surface area contributed by atoms with Crippen molar-refractivity contribution in [2.45, 2.75) is 118 Å². The van der Waals surface area contributed by atoms with Crippen LogP contribution in [0.4, 0.5) is 4.79 Å².